The summed E-state index contributed by atoms with van der Waals surface area (Å²) in [6.07, 6.45) is 0.853. The number of benzene rings is 1. The fraction of sp³-hybridized carbons (Fsp3) is 0.625. The number of rotatable bonds is 7. The van der Waals surface area contributed by atoms with Gasteiger partial charge in [-0.1, -0.05) is 13.8 Å². The van der Waals surface area contributed by atoms with Crippen molar-refractivity contribution in [3.8, 4) is 5.75 Å². The molecule has 0 amide bonds. The third-order valence-electron chi connectivity index (χ3n) is 2.82. The maximum Gasteiger partial charge on any atom is 0.123 e. The first-order chi connectivity index (χ1) is 9.18. The third-order valence-corrected chi connectivity index (χ3v) is 2.82. The van der Waals surface area contributed by atoms with Crippen molar-refractivity contribution in [2.24, 2.45) is 5.92 Å². The van der Waals surface area contributed by atoms with Crippen LogP contribution in [0.3, 0.4) is 0 Å². The van der Waals surface area contributed by atoms with Crippen molar-refractivity contribution in [3.63, 3.8) is 0 Å². The molecule has 114 valence electrons. The predicted molar refractivity (Wildman–Crippen MR) is 85.2 cm³/mol. The van der Waals surface area contributed by atoms with Crippen LogP contribution in [-0.4, -0.2) is 23.4 Å². The number of nitrogens with one attached hydrogen (secondary N) is 1. The molecule has 1 aromatic rings. The summed E-state index contributed by atoms with van der Waals surface area (Å²) >= 11 is 0. The van der Waals surface area contributed by atoms with Crippen molar-refractivity contribution in [1.29, 1.82) is 0 Å². The van der Waals surface area contributed by atoms with Gasteiger partial charge in [0.25, 0.3) is 0 Å². The van der Waals surface area contributed by atoms with E-state index >= 15 is 0 Å². The van der Waals surface area contributed by atoms with Crippen LogP contribution in [0.5, 0.6) is 5.75 Å². The van der Waals surface area contributed by atoms with E-state index in [1.165, 1.54) is 0 Å². The number of hydrogen-bond donors (Lipinski definition) is 3. The molecule has 4 heteroatoms. The molecule has 0 bridgehead atoms. The zero-order chi connectivity index (χ0) is 15.3. The van der Waals surface area contributed by atoms with Crippen molar-refractivity contribution in [3.05, 3.63) is 18.2 Å². The zero-order valence-electron chi connectivity index (χ0n) is 13.2. The number of anilines is 2. The van der Waals surface area contributed by atoms with E-state index in [1.807, 2.05) is 32.9 Å². The smallest absolute Gasteiger partial charge is 0.123 e. The molecule has 0 heterocycles. The van der Waals surface area contributed by atoms with Crippen LogP contribution in [0, 0.1) is 5.92 Å². The van der Waals surface area contributed by atoms with Crippen LogP contribution in [0.25, 0.3) is 0 Å². The Morgan fingerprint density at radius 2 is 1.90 bits per heavy atom. The van der Waals surface area contributed by atoms with Crippen molar-refractivity contribution in [1.82, 2.24) is 0 Å². The molecule has 0 aliphatic heterocycles. The van der Waals surface area contributed by atoms with Crippen LogP contribution in [-0.2, 0) is 0 Å². The first-order valence-electron chi connectivity index (χ1n) is 7.21. The Bertz CT molecular complexity index is 428. The molecule has 1 unspecified atom stereocenters. The highest BCUT2D eigenvalue weighted by atomic mass is 16.5. The molecule has 0 saturated carbocycles. The van der Waals surface area contributed by atoms with Crippen molar-refractivity contribution in [2.45, 2.75) is 52.7 Å². The summed E-state index contributed by atoms with van der Waals surface area (Å²) in [5.41, 5.74) is 6.65. The first kappa shape index (κ1) is 16.6. The van der Waals surface area contributed by atoms with E-state index in [9.17, 15) is 5.11 Å². The van der Waals surface area contributed by atoms with Gasteiger partial charge in [0.2, 0.25) is 0 Å². The number of nitrogens with two attached hydrogens (primary N) is 1. The van der Waals surface area contributed by atoms with Gasteiger partial charge >= 0.3 is 0 Å². The normalized spacial score (nSPS) is 14.4. The highest BCUT2D eigenvalue weighted by molar-refractivity contribution is 5.59. The van der Waals surface area contributed by atoms with E-state index in [0.29, 0.717) is 18.2 Å². The van der Waals surface area contributed by atoms with Crippen LogP contribution in [0.1, 0.15) is 41.0 Å². The van der Waals surface area contributed by atoms with Crippen LogP contribution in [0.4, 0.5) is 11.4 Å². The minimum atomic E-state index is -0.738. The maximum absolute atomic E-state index is 10.3. The van der Waals surface area contributed by atoms with E-state index in [4.69, 9.17) is 10.5 Å². The summed E-state index contributed by atoms with van der Waals surface area (Å²) in [5, 5.41) is 13.5. The Morgan fingerprint density at radius 1 is 1.25 bits per heavy atom. The molecule has 20 heavy (non-hydrogen) atoms. The van der Waals surface area contributed by atoms with E-state index in [2.05, 4.69) is 19.2 Å². The Balaban J connectivity index is 2.70. The van der Waals surface area contributed by atoms with E-state index in [1.54, 1.807) is 6.07 Å². The predicted octanol–water partition coefficient (Wildman–Crippen LogP) is 3.27. The van der Waals surface area contributed by atoms with Gasteiger partial charge in [-0.15, -0.1) is 0 Å². The molecular formula is C16H28N2O2. The van der Waals surface area contributed by atoms with Gasteiger partial charge in [-0.2, -0.15) is 0 Å². The average Bonchev–Trinajstić information content (AvgIpc) is 2.23. The highest BCUT2D eigenvalue weighted by Gasteiger charge is 2.21. The SMILES string of the molecule is CC(C)CC(C)(O)CNc1cc(N)cc(OC(C)C)c1. The average molecular weight is 280 g/mol. The molecule has 0 fully saturated rings. The van der Waals surface area contributed by atoms with Crippen LogP contribution < -0.4 is 15.8 Å². The van der Waals surface area contributed by atoms with Crippen molar-refractivity contribution in [2.75, 3.05) is 17.6 Å². The summed E-state index contributed by atoms with van der Waals surface area (Å²) < 4.78 is 5.65. The molecule has 0 aromatic heterocycles. The minimum Gasteiger partial charge on any atom is -0.491 e. The van der Waals surface area contributed by atoms with E-state index in [-0.39, 0.29) is 6.10 Å². The fourth-order valence-electron chi connectivity index (χ4n) is 2.31. The second-order valence-corrected chi connectivity index (χ2v) is 6.41. The van der Waals surface area contributed by atoms with Gasteiger partial charge in [0.15, 0.2) is 0 Å². The number of nitrogen functional groups attached to an aromatic ring is 1. The summed E-state index contributed by atoms with van der Waals surface area (Å²) in [7, 11) is 0. The van der Waals surface area contributed by atoms with Gasteiger partial charge < -0.3 is 20.9 Å². The molecular weight excluding hydrogens is 252 g/mol. The van der Waals surface area contributed by atoms with Gasteiger partial charge in [-0.25, -0.2) is 0 Å². The topological polar surface area (TPSA) is 67.5 Å². The molecule has 0 saturated heterocycles. The molecule has 4 N–H and O–H groups in total. The third kappa shape index (κ3) is 6.15. The molecule has 1 aromatic carbocycles. The van der Waals surface area contributed by atoms with Crippen LogP contribution >= 0.6 is 0 Å². The lowest BCUT2D eigenvalue weighted by molar-refractivity contribution is 0.0515. The number of ether oxygens (including phenoxy) is 1. The van der Waals surface area contributed by atoms with Crippen molar-refractivity contribution < 1.29 is 9.84 Å². The Hall–Kier alpha value is -1.42. The second-order valence-electron chi connectivity index (χ2n) is 6.41. The summed E-state index contributed by atoms with van der Waals surface area (Å²) in [6, 6.07) is 5.55. The lowest BCUT2D eigenvalue weighted by Crippen LogP contribution is -2.34. The fourth-order valence-corrected chi connectivity index (χ4v) is 2.31. The summed E-state index contributed by atoms with van der Waals surface area (Å²) in [5.74, 6) is 1.19. The molecule has 0 aliphatic carbocycles. The van der Waals surface area contributed by atoms with Gasteiger partial charge in [-0.05, 0) is 39.2 Å². The van der Waals surface area contributed by atoms with Crippen LogP contribution in [0.2, 0.25) is 0 Å². The van der Waals surface area contributed by atoms with Gasteiger partial charge in [0.1, 0.15) is 5.75 Å². The maximum atomic E-state index is 10.3. The summed E-state index contributed by atoms with van der Waals surface area (Å²) in [6.45, 7) is 10.5. The first-order valence-corrected chi connectivity index (χ1v) is 7.21. The molecule has 0 aliphatic rings. The number of hydrogen-bond acceptors (Lipinski definition) is 4. The Morgan fingerprint density at radius 3 is 2.45 bits per heavy atom. The van der Waals surface area contributed by atoms with Gasteiger partial charge in [0, 0.05) is 30.1 Å². The largest absolute Gasteiger partial charge is 0.491 e. The van der Waals surface area contributed by atoms with Crippen LogP contribution in [0.15, 0.2) is 18.2 Å². The highest BCUT2D eigenvalue weighted by Crippen LogP contribution is 2.25. The van der Waals surface area contributed by atoms with Crippen molar-refractivity contribution >= 4 is 11.4 Å². The molecule has 1 atom stereocenters. The van der Waals surface area contributed by atoms with E-state index < -0.39 is 5.60 Å². The monoisotopic (exact) mass is 280 g/mol. The van der Waals surface area contributed by atoms with E-state index in [0.717, 1.165) is 17.9 Å². The minimum absolute atomic E-state index is 0.105. The molecule has 0 radical (unpaired) electrons. The lowest BCUT2D eigenvalue weighted by atomic mass is 9.94. The van der Waals surface area contributed by atoms with Gasteiger partial charge in [0.05, 0.1) is 11.7 Å². The standard InChI is InChI=1S/C16H28N2O2/c1-11(2)9-16(5,19)10-18-14-6-13(17)7-15(8-14)20-12(3)4/h6-8,11-12,18-19H,9-10,17H2,1-5H3. The molecule has 0 spiro atoms. The second kappa shape index (κ2) is 6.84. The molecule has 1 rings (SSSR count). The number of aliphatic hydroxyl groups is 1. The molecule has 4 nitrogen and oxygen atoms in total. The summed E-state index contributed by atoms with van der Waals surface area (Å²) in [4.78, 5) is 0. The lowest BCUT2D eigenvalue weighted by Gasteiger charge is -2.26. The quantitative estimate of drug-likeness (QED) is 0.671. The zero-order valence-corrected chi connectivity index (χ0v) is 13.2. The Kier molecular flexibility index (Phi) is 5.69. The Labute approximate surface area is 122 Å². The van der Waals surface area contributed by atoms with Gasteiger partial charge in [-0.3, -0.25) is 0 Å².